The first-order valence-corrected chi connectivity index (χ1v) is 3.74. The lowest BCUT2D eigenvalue weighted by molar-refractivity contribution is 1.30. The molecule has 0 aliphatic rings. The molecule has 3 nitrogen and oxygen atoms in total. The molecule has 0 saturated heterocycles. The summed E-state index contributed by atoms with van der Waals surface area (Å²) >= 11 is 0. The van der Waals surface area contributed by atoms with Crippen molar-refractivity contribution in [2.24, 2.45) is 0 Å². The number of nitrogens with zero attached hydrogens (tertiary/aromatic N) is 2. The Morgan fingerprint density at radius 1 is 1.33 bits per heavy atom. The average Bonchev–Trinajstić information content (AvgIpc) is 2.07. The van der Waals surface area contributed by atoms with Crippen molar-refractivity contribution in [2.75, 3.05) is 5.73 Å². The summed E-state index contributed by atoms with van der Waals surface area (Å²) in [5.41, 5.74) is 7.67. The number of anilines is 1. The van der Waals surface area contributed by atoms with Crippen molar-refractivity contribution in [3.63, 3.8) is 0 Å². The van der Waals surface area contributed by atoms with Gasteiger partial charge in [0.05, 0.1) is 5.52 Å². The molecule has 0 saturated carbocycles. The van der Waals surface area contributed by atoms with Crippen LogP contribution < -0.4 is 5.73 Å². The van der Waals surface area contributed by atoms with Gasteiger partial charge in [-0.3, -0.25) is 4.98 Å². The molecule has 0 spiro atoms. The third-order valence-corrected chi connectivity index (χ3v) is 1.78. The number of nitrogen functional groups attached to an aromatic ring is 1. The van der Waals surface area contributed by atoms with E-state index >= 15 is 0 Å². The van der Waals surface area contributed by atoms with Crippen molar-refractivity contribution in [1.29, 1.82) is 0 Å². The van der Waals surface area contributed by atoms with Gasteiger partial charge in [0, 0.05) is 17.8 Å². The van der Waals surface area contributed by atoms with E-state index in [0.717, 1.165) is 16.5 Å². The normalized spacial score (nSPS) is 10.4. The summed E-state index contributed by atoms with van der Waals surface area (Å²) < 4.78 is 0. The number of aryl methyl sites for hydroxylation is 1. The van der Waals surface area contributed by atoms with Crippen molar-refractivity contribution >= 4 is 16.7 Å². The third kappa shape index (κ3) is 0.993. The Balaban J connectivity index is 2.88. The van der Waals surface area contributed by atoms with E-state index in [-0.39, 0.29) is 0 Å². The predicted octanol–water partition coefficient (Wildman–Crippen LogP) is 1.52. The monoisotopic (exact) mass is 159 g/mol. The van der Waals surface area contributed by atoms with E-state index in [0.29, 0.717) is 5.82 Å². The summed E-state index contributed by atoms with van der Waals surface area (Å²) in [6.45, 7) is 1.98. The lowest BCUT2D eigenvalue weighted by atomic mass is 10.2. The van der Waals surface area contributed by atoms with E-state index in [1.807, 2.05) is 25.3 Å². The molecule has 2 aromatic heterocycles. The van der Waals surface area contributed by atoms with Crippen LogP contribution in [-0.4, -0.2) is 9.97 Å². The van der Waals surface area contributed by atoms with Crippen LogP contribution in [0.4, 0.5) is 5.82 Å². The molecule has 0 aliphatic carbocycles. The molecule has 0 fully saturated rings. The highest BCUT2D eigenvalue weighted by atomic mass is 14.8. The molecule has 0 unspecified atom stereocenters. The van der Waals surface area contributed by atoms with Gasteiger partial charge in [0.1, 0.15) is 5.82 Å². The van der Waals surface area contributed by atoms with Crippen LogP contribution in [0.1, 0.15) is 5.56 Å². The molecule has 0 amide bonds. The van der Waals surface area contributed by atoms with E-state index in [2.05, 4.69) is 9.97 Å². The second kappa shape index (κ2) is 2.44. The lowest BCUT2D eigenvalue weighted by Gasteiger charge is -1.99. The minimum atomic E-state index is 0.545. The van der Waals surface area contributed by atoms with Gasteiger partial charge in [0.2, 0.25) is 0 Å². The van der Waals surface area contributed by atoms with E-state index in [9.17, 15) is 0 Å². The number of rotatable bonds is 0. The Labute approximate surface area is 70.3 Å². The molecule has 2 rings (SSSR count). The fourth-order valence-corrected chi connectivity index (χ4v) is 1.18. The first-order chi connectivity index (χ1) is 5.77. The number of hydrogen-bond acceptors (Lipinski definition) is 3. The molecule has 0 atom stereocenters. The first-order valence-electron chi connectivity index (χ1n) is 3.74. The molecule has 0 aromatic carbocycles. The van der Waals surface area contributed by atoms with Gasteiger partial charge in [0.25, 0.3) is 0 Å². The maximum Gasteiger partial charge on any atom is 0.132 e. The van der Waals surface area contributed by atoms with E-state index in [4.69, 9.17) is 5.73 Å². The Bertz CT molecular complexity index is 423. The standard InChI is InChI=1S/C9H9N3/c1-6-4-7-8(12-5-6)2-3-11-9(7)10/h2-5H,1H3,(H2,10,11). The third-order valence-electron chi connectivity index (χ3n) is 1.78. The number of hydrogen-bond donors (Lipinski definition) is 1. The van der Waals surface area contributed by atoms with Crippen molar-refractivity contribution < 1.29 is 0 Å². The quantitative estimate of drug-likeness (QED) is 0.634. The molecule has 0 aliphatic heterocycles. The highest BCUT2D eigenvalue weighted by molar-refractivity contribution is 5.87. The minimum Gasteiger partial charge on any atom is -0.383 e. The van der Waals surface area contributed by atoms with Gasteiger partial charge in [-0.25, -0.2) is 4.98 Å². The maximum absolute atomic E-state index is 5.67. The maximum atomic E-state index is 5.67. The second-order valence-electron chi connectivity index (χ2n) is 2.78. The van der Waals surface area contributed by atoms with Gasteiger partial charge in [-0.1, -0.05) is 0 Å². The average molecular weight is 159 g/mol. The Kier molecular flexibility index (Phi) is 1.43. The largest absolute Gasteiger partial charge is 0.383 e. The van der Waals surface area contributed by atoms with Crippen LogP contribution in [0.5, 0.6) is 0 Å². The second-order valence-corrected chi connectivity index (χ2v) is 2.78. The van der Waals surface area contributed by atoms with Crippen LogP contribution in [-0.2, 0) is 0 Å². The Hall–Kier alpha value is -1.64. The fraction of sp³-hybridized carbons (Fsp3) is 0.111. The zero-order valence-corrected chi connectivity index (χ0v) is 6.78. The molecule has 2 N–H and O–H groups in total. The smallest absolute Gasteiger partial charge is 0.132 e. The number of fused-ring (bicyclic) bond motifs is 1. The topological polar surface area (TPSA) is 51.8 Å². The molecular weight excluding hydrogens is 150 g/mol. The fourth-order valence-electron chi connectivity index (χ4n) is 1.18. The van der Waals surface area contributed by atoms with Crippen molar-refractivity contribution in [1.82, 2.24) is 9.97 Å². The first kappa shape index (κ1) is 7.03. The van der Waals surface area contributed by atoms with Crippen molar-refractivity contribution in [3.05, 3.63) is 30.1 Å². The van der Waals surface area contributed by atoms with Gasteiger partial charge in [-0.05, 0) is 24.6 Å². The minimum absolute atomic E-state index is 0.545. The van der Waals surface area contributed by atoms with Gasteiger partial charge in [-0.2, -0.15) is 0 Å². The summed E-state index contributed by atoms with van der Waals surface area (Å²) in [4.78, 5) is 8.21. The van der Waals surface area contributed by atoms with Crippen LogP contribution in [0.3, 0.4) is 0 Å². The van der Waals surface area contributed by atoms with Crippen LogP contribution in [0, 0.1) is 6.92 Å². The molecule has 60 valence electrons. The highest BCUT2D eigenvalue weighted by Crippen LogP contribution is 2.16. The van der Waals surface area contributed by atoms with E-state index < -0.39 is 0 Å². The van der Waals surface area contributed by atoms with Gasteiger partial charge < -0.3 is 5.73 Å². The van der Waals surface area contributed by atoms with Crippen LogP contribution in [0.15, 0.2) is 24.5 Å². The summed E-state index contributed by atoms with van der Waals surface area (Å²) in [5.74, 6) is 0.545. The highest BCUT2D eigenvalue weighted by Gasteiger charge is 1.98. The van der Waals surface area contributed by atoms with Crippen molar-refractivity contribution in [2.45, 2.75) is 6.92 Å². The molecule has 0 bridgehead atoms. The van der Waals surface area contributed by atoms with E-state index in [1.54, 1.807) is 6.20 Å². The lowest BCUT2D eigenvalue weighted by Crippen LogP contribution is -1.92. The SMILES string of the molecule is Cc1cnc2ccnc(N)c2c1. The zero-order chi connectivity index (χ0) is 8.55. The number of aromatic nitrogens is 2. The predicted molar refractivity (Wildman–Crippen MR) is 48.7 cm³/mol. The summed E-state index contributed by atoms with van der Waals surface area (Å²) in [7, 11) is 0. The molecule has 2 heterocycles. The molecule has 12 heavy (non-hydrogen) atoms. The number of pyridine rings is 2. The molecule has 3 heteroatoms. The van der Waals surface area contributed by atoms with Gasteiger partial charge in [0.15, 0.2) is 0 Å². The molecule has 0 radical (unpaired) electrons. The zero-order valence-electron chi connectivity index (χ0n) is 6.78. The van der Waals surface area contributed by atoms with Crippen LogP contribution >= 0.6 is 0 Å². The van der Waals surface area contributed by atoms with Gasteiger partial charge >= 0.3 is 0 Å². The summed E-state index contributed by atoms with van der Waals surface area (Å²) in [5, 5.41) is 0.928. The Morgan fingerprint density at radius 2 is 2.17 bits per heavy atom. The van der Waals surface area contributed by atoms with Gasteiger partial charge in [-0.15, -0.1) is 0 Å². The number of nitrogens with two attached hydrogens (primary N) is 1. The van der Waals surface area contributed by atoms with Crippen LogP contribution in [0.25, 0.3) is 10.9 Å². The molecular formula is C9H9N3. The summed E-state index contributed by atoms with van der Waals surface area (Å²) in [6.07, 6.45) is 3.49. The molecule has 2 aromatic rings. The van der Waals surface area contributed by atoms with E-state index in [1.165, 1.54) is 0 Å². The van der Waals surface area contributed by atoms with Crippen LogP contribution in [0.2, 0.25) is 0 Å². The van der Waals surface area contributed by atoms with Crippen molar-refractivity contribution in [3.8, 4) is 0 Å². The Morgan fingerprint density at radius 3 is 3.00 bits per heavy atom. The summed E-state index contributed by atoms with van der Waals surface area (Å²) in [6, 6.07) is 3.84.